The lowest BCUT2D eigenvalue weighted by Crippen LogP contribution is -2.37. The molecule has 1 amide bonds. The number of anilines is 2. The molecule has 1 saturated heterocycles. The standard InChI is InChI=1S/C19H17F3N2O4/c20-19(21,22)12-5-6-16(24-7-9-28-10-8-24)15(11-12)23-17(25)13-3-1-2-4-14(13)18(26)27/h1-6,11H,7-10H2,(H,23,25)(H,26,27). The summed E-state index contributed by atoms with van der Waals surface area (Å²) in [6, 6.07) is 8.61. The minimum atomic E-state index is -4.58. The van der Waals surface area contributed by atoms with Crippen LogP contribution in [0.1, 0.15) is 26.3 Å². The number of carboxylic acids is 1. The Labute approximate surface area is 158 Å². The molecule has 0 radical (unpaired) electrons. The van der Waals surface area contributed by atoms with E-state index in [-0.39, 0.29) is 16.8 Å². The molecule has 1 heterocycles. The third kappa shape index (κ3) is 4.25. The SMILES string of the molecule is O=C(O)c1ccccc1C(=O)Nc1cc(C(F)(F)F)ccc1N1CCOCC1. The van der Waals surface area contributed by atoms with E-state index in [4.69, 9.17) is 4.74 Å². The predicted octanol–water partition coefficient (Wildman–Crippen LogP) is 3.49. The van der Waals surface area contributed by atoms with Gasteiger partial charge in [0.05, 0.1) is 41.3 Å². The van der Waals surface area contributed by atoms with Crippen LogP contribution in [0.2, 0.25) is 0 Å². The Morgan fingerprint density at radius 1 is 1.04 bits per heavy atom. The lowest BCUT2D eigenvalue weighted by atomic mass is 10.1. The molecular weight excluding hydrogens is 377 g/mol. The fourth-order valence-electron chi connectivity index (χ4n) is 2.95. The molecule has 9 heteroatoms. The van der Waals surface area contributed by atoms with E-state index < -0.39 is 23.6 Å². The van der Waals surface area contributed by atoms with Gasteiger partial charge >= 0.3 is 12.1 Å². The number of amides is 1. The normalized spacial score (nSPS) is 14.6. The number of carbonyl (C=O) groups excluding carboxylic acids is 1. The van der Waals surface area contributed by atoms with Crippen LogP contribution in [0.25, 0.3) is 0 Å². The maximum atomic E-state index is 13.1. The van der Waals surface area contributed by atoms with E-state index in [9.17, 15) is 27.9 Å². The Balaban J connectivity index is 1.99. The first-order valence-corrected chi connectivity index (χ1v) is 8.45. The average Bonchev–Trinajstić information content (AvgIpc) is 2.68. The molecule has 6 nitrogen and oxygen atoms in total. The number of halogens is 3. The number of aromatic carboxylic acids is 1. The van der Waals surface area contributed by atoms with Gasteiger partial charge in [-0.2, -0.15) is 13.2 Å². The van der Waals surface area contributed by atoms with Crippen LogP contribution in [0.5, 0.6) is 0 Å². The lowest BCUT2D eigenvalue weighted by molar-refractivity contribution is -0.137. The van der Waals surface area contributed by atoms with Crippen molar-refractivity contribution in [3.63, 3.8) is 0 Å². The van der Waals surface area contributed by atoms with Crippen molar-refractivity contribution in [1.29, 1.82) is 0 Å². The largest absolute Gasteiger partial charge is 0.478 e. The highest BCUT2D eigenvalue weighted by Crippen LogP contribution is 2.36. The second-order valence-electron chi connectivity index (χ2n) is 6.13. The van der Waals surface area contributed by atoms with Crippen LogP contribution in [-0.2, 0) is 10.9 Å². The highest BCUT2D eigenvalue weighted by atomic mass is 19.4. The quantitative estimate of drug-likeness (QED) is 0.830. The van der Waals surface area contributed by atoms with E-state index in [0.717, 1.165) is 12.1 Å². The molecular formula is C19H17F3N2O4. The molecule has 0 aliphatic carbocycles. The second-order valence-corrected chi connectivity index (χ2v) is 6.13. The molecule has 0 unspecified atom stereocenters. The van der Waals surface area contributed by atoms with Crippen LogP contribution in [0.15, 0.2) is 42.5 Å². The number of carbonyl (C=O) groups is 2. The summed E-state index contributed by atoms with van der Waals surface area (Å²) in [5, 5.41) is 11.7. The molecule has 2 aromatic carbocycles. The summed E-state index contributed by atoms with van der Waals surface area (Å²) in [5.74, 6) is -2.10. The Kier molecular flexibility index (Phi) is 5.55. The summed E-state index contributed by atoms with van der Waals surface area (Å²) >= 11 is 0. The van der Waals surface area contributed by atoms with E-state index >= 15 is 0 Å². The van der Waals surface area contributed by atoms with Crippen molar-refractivity contribution in [2.75, 3.05) is 36.5 Å². The van der Waals surface area contributed by atoms with Crippen LogP contribution >= 0.6 is 0 Å². The number of rotatable bonds is 4. The topological polar surface area (TPSA) is 78.9 Å². The van der Waals surface area contributed by atoms with Crippen molar-refractivity contribution in [2.24, 2.45) is 0 Å². The van der Waals surface area contributed by atoms with Gasteiger partial charge in [-0.3, -0.25) is 4.79 Å². The summed E-state index contributed by atoms with van der Waals surface area (Å²) in [4.78, 5) is 25.8. The van der Waals surface area contributed by atoms with Crippen LogP contribution in [0, 0.1) is 0 Å². The first-order chi connectivity index (χ1) is 13.3. The molecule has 1 aliphatic heterocycles. The van der Waals surface area contributed by atoms with Gasteiger partial charge in [0.2, 0.25) is 0 Å². The molecule has 0 aromatic heterocycles. The van der Waals surface area contributed by atoms with E-state index in [1.807, 2.05) is 4.90 Å². The minimum absolute atomic E-state index is 0.0399. The van der Waals surface area contributed by atoms with Crippen molar-refractivity contribution >= 4 is 23.3 Å². The van der Waals surface area contributed by atoms with Gasteiger partial charge in [0.1, 0.15) is 0 Å². The van der Waals surface area contributed by atoms with Gasteiger partial charge in [-0.25, -0.2) is 4.79 Å². The number of hydrogen-bond donors (Lipinski definition) is 2. The summed E-state index contributed by atoms with van der Waals surface area (Å²) in [6.07, 6.45) is -4.58. The molecule has 0 atom stereocenters. The number of nitrogens with zero attached hydrogens (tertiary/aromatic N) is 1. The number of alkyl halides is 3. The maximum absolute atomic E-state index is 13.1. The van der Waals surface area contributed by atoms with Gasteiger partial charge in [0, 0.05) is 13.1 Å². The van der Waals surface area contributed by atoms with Gasteiger partial charge in [0.25, 0.3) is 5.91 Å². The zero-order chi connectivity index (χ0) is 20.3. The van der Waals surface area contributed by atoms with E-state index in [0.29, 0.717) is 32.0 Å². The summed E-state index contributed by atoms with van der Waals surface area (Å²) in [7, 11) is 0. The van der Waals surface area contributed by atoms with Crippen LogP contribution in [0.3, 0.4) is 0 Å². The van der Waals surface area contributed by atoms with Crippen LogP contribution in [0.4, 0.5) is 24.5 Å². The molecule has 1 fully saturated rings. The third-order valence-corrected chi connectivity index (χ3v) is 4.33. The fourth-order valence-corrected chi connectivity index (χ4v) is 2.95. The number of benzene rings is 2. The molecule has 148 valence electrons. The van der Waals surface area contributed by atoms with Crippen LogP contribution < -0.4 is 10.2 Å². The zero-order valence-corrected chi connectivity index (χ0v) is 14.6. The monoisotopic (exact) mass is 394 g/mol. The molecule has 28 heavy (non-hydrogen) atoms. The zero-order valence-electron chi connectivity index (χ0n) is 14.6. The lowest BCUT2D eigenvalue weighted by Gasteiger charge is -2.31. The van der Waals surface area contributed by atoms with Gasteiger partial charge in [-0.05, 0) is 30.3 Å². The number of nitrogens with one attached hydrogen (secondary N) is 1. The molecule has 0 saturated carbocycles. The molecule has 0 bridgehead atoms. The summed E-state index contributed by atoms with van der Waals surface area (Å²) in [6.45, 7) is 1.74. The first-order valence-electron chi connectivity index (χ1n) is 8.45. The third-order valence-electron chi connectivity index (χ3n) is 4.33. The number of morpholine rings is 1. The van der Waals surface area contributed by atoms with E-state index in [1.54, 1.807) is 0 Å². The highest BCUT2D eigenvalue weighted by Gasteiger charge is 2.32. The second kappa shape index (κ2) is 7.89. The van der Waals surface area contributed by atoms with Crippen molar-refractivity contribution in [3.8, 4) is 0 Å². The molecule has 3 rings (SSSR count). The molecule has 2 N–H and O–H groups in total. The average molecular weight is 394 g/mol. The van der Waals surface area contributed by atoms with Gasteiger partial charge in [-0.1, -0.05) is 12.1 Å². The number of carboxylic acid groups (broad SMARTS) is 1. The predicted molar refractivity (Wildman–Crippen MR) is 95.8 cm³/mol. The Morgan fingerprint density at radius 3 is 2.29 bits per heavy atom. The Morgan fingerprint density at radius 2 is 1.68 bits per heavy atom. The maximum Gasteiger partial charge on any atom is 0.416 e. The highest BCUT2D eigenvalue weighted by molar-refractivity contribution is 6.11. The fraction of sp³-hybridized carbons (Fsp3) is 0.263. The smallest absolute Gasteiger partial charge is 0.416 e. The van der Waals surface area contributed by atoms with Crippen molar-refractivity contribution in [1.82, 2.24) is 0 Å². The van der Waals surface area contributed by atoms with Crippen molar-refractivity contribution in [3.05, 3.63) is 59.2 Å². The number of hydrogen-bond acceptors (Lipinski definition) is 4. The Bertz CT molecular complexity index is 893. The molecule has 2 aromatic rings. The molecule has 1 aliphatic rings. The van der Waals surface area contributed by atoms with Gasteiger partial charge in [-0.15, -0.1) is 0 Å². The molecule has 0 spiro atoms. The Hall–Kier alpha value is -3.07. The van der Waals surface area contributed by atoms with E-state index in [1.165, 1.54) is 30.3 Å². The number of ether oxygens (including phenoxy) is 1. The van der Waals surface area contributed by atoms with Gasteiger partial charge < -0.3 is 20.1 Å². The summed E-state index contributed by atoms with van der Waals surface area (Å²) < 4.78 is 44.7. The van der Waals surface area contributed by atoms with Crippen LogP contribution in [-0.4, -0.2) is 43.3 Å². The summed E-state index contributed by atoms with van der Waals surface area (Å²) in [5.41, 5.74) is -0.911. The van der Waals surface area contributed by atoms with E-state index in [2.05, 4.69) is 5.32 Å². The van der Waals surface area contributed by atoms with Crippen molar-refractivity contribution < 1.29 is 32.6 Å². The minimum Gasteiger partial charge on any atom is -0.478 e. The first kappa shape index (κ1) is 19.7. The van der Waals surface area contributed by atoms with Gasteiger partial charge in [0.15, 0.2) is 0 Å². The van der Waals surface area contributed by atoms with Crippen molar-refractivity contribution in [2.45, 2.75) is 6.18 Å².